The fraction of sp³-hybridized carbons (Fsp3) is 0.118. The molecule has 0 aliphatic heterocycles. The molecule has 0 amide bonds. The molecular formula is C17H12F4N2OS. The van der Waals surface area contributed by atoms with Crippen molar-refractivity contribution in [1.82, 2.24) is 10.2 Å². The van der Waals surface area contributed by atoms with E-state index in [1.165, 1.54) is 18.4 Å². The molecule has 0 saturated heterocycles. The van der Waals surface area contributed by atoms with Gasteiger partial charge in [-0.05, 0) is 29.8 Å². The van der Waals surface area contributed by atoms with Crippen molar-refractivity contribution in [3.05, 3.63) is 60.0 Å². The molecule has 0 fully saturated rings. The van der Waals surface area contributed by atoms with Gasteiger partial charge in [0, 0.05) is 33.1 Å². The third-order valence-corrected chi connectivity index (χ3v) is 4.58. The van der Waals surface area contributed by atoms with Gasteiger partial charge in [0.15, 0.2) is 0 Å². The van der Waals surface area contributed by atoms with Gasteiger partial charge in [-0.15, -0.1) is 0 Å². The first kappa shape index (κ1) is 17.3. The average Bonchev–Trinajstić information content (AvgIpc) is 3.01. The van der Waals surface area contributed by atoms with E-state index >= 15 is 0 Å². The van der Waals surface area contributed by atoms with Crippen LogP contribution < -0.4 is 0 Å². The molecule has 3 rings (SSSR count). The highest BCUT2D eigenvalue weighted by Gasteiger charge is 2.38. The van der Waals surface area contributed by atoms with Crippen LogP contribution in [0.25, 0.3) is 22.4 Å². The molecular weight excluding hydrogens is 356 g/mol. The molecule has 0 radical (unpaired) electrons. The lowest BCUT2D eigenvalue weighted by Crippen LogP contribution is -2.07. The largest absolute Gasteiger partial charge is 0.433 e. The van der Waals surface area contributed by atoms with E-state index in [9.17, 15) is 21.8 Å². The third kappa shape index (κ3) is 3.48. The molecule has 0 aliphatic carbocycles. The molecule has 1 unspecified atom stereocenters. The summed E-state index contributed by atoms with van der Waals surface area (Å²) in [6.07, 6.45) is -3.13. The van der Waals surface area contributed by atoms with Gasteiger partial charge in [-0.25, -0.2) is 4.39 Å². The van der Waals surface area contributed by atoms with Crippen molar-refractivity contribution in [1.29, 1.82) is 0 Å². The van der Waals surface area contributed by atoms with E-state index in [2.05, 4.69) is 5.10 Å². The zero-order chi connectivity index (χ0) is 18.2. The number of halogens is 4. The predicted molar refractivity (Wildman–Crippen MR) is 86.8 cm³/mol. The normalized spacial score (nSPS) is 13.0. The van der Waals surface area contributed by atoms with Crippen molar-refractivity contribution >= 4 is 10.8 Å². The van der Waals surface area contributed by atoms with Crippen LogP contribution in [-0.2, 0) is 17.0 Å². The Bertz CT molecular complexity index is 915. The lowest BCUT2D eigenvalue weighted by molar-refractivity contribution is -0.140. The van der Waals surface area contributed by atoms with E-state index in [1.54, 1.807) is 24.3 Å². The van der Waals surface area contributed by atoms with Crippen LogP contribution in [0.4, 0.5) is 17.6 Å². The third-order valence-electron chi connectivity index (χ3n) is 3.64. The van der Waals surface area contributed by atoms with Crippen molar-refractivity contribution in [3.8, 4) is 22.4 Å². The molecule has 1 aromatic heterocycles. The second-order valence-corrected chi connectivity index (χ2v) is 6.69. The van der Waals surface area contributed by atoms with E-state index in [4.69, 9.17) is 0 Å². The SMILES string of the molecule is CS(=O)c1ccc(-c2n[nH]c(C(F)(F)F)c2-c2ccc(F)cc2)cc1. The topological polar surface area (TPSA) is 45.8 Å². The maximum atomic E-state index is 13.3. The molecule has 1 atom stereocenters. The molecule has 8 heteroatoms. The van der Waals surface area contributed by atoms with Gasteiger partial charge in [0.05, 0.1) is 0 Å². The minimum atomic E-state index is -4.64. The van der Waals surface area contributed by atoms with E-state index in [0.29, 0.717) is 10.5 Å². The number of nitrogens with one attached hydrogen (secondary N) is 1. The molecule has 3 aromatic rings. The summed E-state index contributed by atoms with van der Waals surface area (Å²) < 4.78 is 64.6. The van der Waals surface area contributed by atoms with Crippen molar-refractivity contribution < 1.29 is 21.8 Å². The maximum absolute atomic E-state index is 13.3. The monoisotopic (exact) mass is 368 g/mol. The van der Waals surface area contributed by atoms with E-state index in [-0.39, 0.29) is 16.8 Å². The molecule has 0 aliphatic rings. The average molecular weight is 368 g/mol. The van der Waals surface area contributed by atoms with Crippen LogP contribution in [0.15, 0.2) is 53.4 Å². The van der Waals surface area contributed by atoms with Gasteiger partial charge in [0.1, 0.15) is 17.2 Å². The second-order valence-electron chi connectivity index (χ2n) is 5.31. The fourth-order valence-electron chi connectivity index (χ4n) is 2.46. The molecule has 0 saturated carbocycles. The smallest absolute Gasteiger partial charge is 0.272 e. The van der Waals surface area contributed by atoms with Gasteiger partial charge >= 0.3 is 6.18 Å². The number of hydrogen-bond donors (Lipinski definition) is 1. The first-order chi connectivity index (χ1) is 11.8. The van der Waals surface area contributed by atoms with Gasteiger partial charge in [0.2, 0.25) is 0 Å². The fourth-order valence-corrected chi connectivity index (χ4v) is 2.98. The Morgan fingerprint density at radius 2 is 1.52 bits per heavy atom. The molecule has 0 spiro atoms. The molecule has 2 aromatic carbocycles. The summed E-state index contributed by atoms with van der Waals surface area (Å²) in [5.41, 5.74) is -0.441. The predicted octanol–water partition coefficient (Wildman–Crippen LogP) is 4.64. The highest BCUT2D eigenvalue weighted by molar-refractivity contribution is 7.84. The first-order valence-corrected chi connectivity index (χ1v) is 8.68. The summed E-state index contributed by atoms with van der Waals surface area (Å²) in [6, 6.07) is 11.0. The molecule has 25 heavy (non-hydrogen) atoms. The standard InChI is InChI=1S/C17H12F4N2OS/c1-25(24)13-8-4-11(5-9-13)15-14(10-2-6-12(18)7-3-10)16(23-22-15)17(19,20)21/h2-9H,1H3,(H,22,23). The summed E-state index contributed by atoms with van der Waals surface area (Å²) in [5, 5.41) is 5.85. The number of aromatic nitrogens is 2. The number of hydrogen-bond acceptors (Lipinski definition) is 2. The van der Waals surface area contributed by atoms with Crippen LogP contribution in [0.2, 0.25) is 0 Å². The lowest BCUT2D eigenvalue weighted by Gasteiger charge is -2.09. The minimum absolute atomic E-state index is 0.0902. The molecule has 0 bridgehead atoms. The Kier molecular flexibility index (Phi) is 4.47. The number of aromatic amines is 1. The maximum Gasteiger partial charge on any atom is 0.433 e. The van der Waals surface area contributed by atoms with E-state index in [0.717, 1.165) is 12.1 Å². The summed E-state index contributed by atoms with van der Waals surface area (Å²) in [6.45, 7) is 0. The summed E-state index contributed by atoms with van der Waals surface area (Å²) in [5.74, 6) is -0.544. The van der Waals surface area contributed by atoms with Crippen LogP contribution in [0.3, 0.4) is 0 Å². The Balaban J connectivity index is 2.18. The van der Waals surface area contributed by atoms with Crippen LogP contribution in [0.1, 0.15) is 5.69 Å². The highest BCUT2D eigenvalue weighted by Crippen LogP contribution is 2.41. The number of benzene rings is 2. The Hall–Kier alpha value is -2.48. The molecule has 130 valence electrons. The van der Waals surface area contributed by atoms with Crippen molar-refractivity contribution in [3.63, 3.8) is 0 Å². The van der Waals surface area contributed by atoms with Gasteiger partial charge in [-0.2, -0.15) is 18.3 Å². The second kappa shape index (κ2) is 6.44. The van der Waals surface area contributed by atoms with E-state index < -0.39 is 28.5 Å². The quantitative estimate of drug-likeness (QED) is 0.685. The Labute approximate surface area is 143 Å². The van der Waals surface area contributed by atoms with Crippen molar-refractivity contribution in [2.75, 3.05) is 6.26 Å². The number of H-pyrrole nitrogens is 1. The van der Waals surface area contributed by atoms with Gasteiger partial charge in [-0.1, -0.05) is 24.3 Å². The number of alkyl halides is 3. The van der Waals surface area contributed by atoms with Crippen LogP contribution in [0.5, 0.6) is 0 Å². The number of nitrogens with zero attached hydrogens (tertiary/aromatic N) is 1. The van der Waals surface area contributed by atoms with Crippen LogP contribution in [-0.4, -0.2) is 20.7 Å². The molecule has 1 N–H and O–H groups in total. The first-order valence-electron chi connectivity index (χ1n) is 7.12. The number of rotatable bonds is 3. The van der Waals surface area contributed by atoms with Crippen molar-refractivity contribution in [2.24, 2.45) is 0 Å². The summed E-state index contributed by atoms with van der Waals surface area (Å²) >= 11 is 0. The van der Waals surface area contributed by atoms with Gasteiger partial charge in [-0.3, -0.25) is 9.31 Å². The summed E-state index contributed by atoms with van der Waals surface area (Å²) in [7, 11) is -1.20. The minimum Gasteiger partial charge on any atom is -0.272 e. The van der Waals surface area contributed by atoms with E-state index in [1.807, 2.05) is 5.10 Å². The van der Waals surface area contributed by atoms with Crippen molar-refractivity contribution in [2.45, 2.75) is 11.1 Å². The Morgan fingerprint density at radius 1 is 0.960 bits per heavy atom. The zero-order valence-corrected chi connectivity index (χ0v) is 13.7. The Morgan fingerprint density at radius 3 is 2.04 bits per heavy atom. The zero-order valence-electron chi connectivity index (χ0n) is 12.9. The van der Waals surface area contributed by atoms with Crippen LogP contribution in [0, 0.1) is 5.82 Å². The molecule has 1 heterocycles. The van der Waals surface area contributed by atoms with Crippen LogP contribution >= 0.6 is 0 Å². The highest BCUT2D eigenvalue weighted by atomic mass is 32.2. The molecule has 3 nitrogen and oxygen atoms in total. The lowest BCUT2D eigenvalue weighted by atomic mass is 9.98. The summed E-state index contributed by atoms with van der Waals surface area (Å²) in [4.78, 5) is 0.554. The van der Waals surface area contributed by atoms with Gasteiger partial charge < -0.3 is 0 Å². The van der Waals surface area contributed by atoms with Gasteiger partial charge in [0.25, 0.3) is 0 Å².